The zero-order valence-corrected chi connectivity index (χ0v) is 14.8. The summed E-state index contributed by atoms with van der Waals surface area (Å²) >= 11 is 0. The van der Waals surface area contributed by atoms with Crippen molar-refractivity contribution in [3.63, 3.8) is 0 Å². The highest BCUT2D eigenvalue weighted by Gasteiger charge is 2.40. The lowest BCUT2D eigenvalue weighted by molar-refractivity contribution is -0.163. The van der Waals surface area contributed by atoms with Gasteiger partial charge in [-0.05, 0) is 44.1 Å². The zero-order valence-electron chi connectivity index (χ0n) is 14.8. The molecule has 0 unspecified atom stereocenters. The molecule has 0 aromatic rings. The van der Waals surface area contributed by atoms with Crippen LogP contribution in [0.1, 0.15) is 60.3 Å². The van der Waals surface area contributed by atoms with Crippen LogP contribution in [0.15, 0.2) is 23.3 Å². The number of fused-ring (bicyclic) bond motifs is 1. The lowest BCUT2D eigenvalue weighted by atomic mass is 9.64. The highest BCUT2D eigenvalue weighted by molar-refractivity contribution is 5.67. The van der Waals surface area contributed by atoms with Crippen molar-refractivity contribution in [2.45, 2.75) is 72.5 Å². The summed E-state index contributed by atoms with van der Waals surface area (Å²) in [6.45, 7) is 9.31. The molecule has 0 aliphatic heterocycles. The maximum Gasteiger partial charge on any atom is 0.303 e. The maximum atomic E-state index is 11.5. The lowest BCUT2D eigenvalue weighted by Crippen LogP contribution is -2.39. The number of rotatable bonds is 2. The van der Waals surface area contributed by atoms with Crippen LogP contribution in [-0.2, 0) is 19.1 Å². The summed E-state index contributed by atoms with van der Waals surface area (Å²) < 4.78 is 11.0. The van der Waals surface area contributed by atoms with Gasteiger partial charge in [0.15, 0.2) is 6.10 Å². The van der Waals surface area contributed by atoms with Gasteiger partial charge in [0.1, 0.15) is 6.10 Å². The third-order valence-corrected chi connectivity index (χ3v) is 5.33. The molecule has 128 valence electrons. The quantitative estimate of drug-likeness (QED) is 0.571. The molecule has 0 radical (unpaired) electrons. The Morgan fingerprint density at radius 3 is 2.43 bits per heavy atom. The molecule has 4 nitrogen and oxygen atoms in total. The third-order valence-electron chi connectivity index (χ3n) is 5.33. The van der Waals surface area contributed by atoms with Crippen LogP contribution < -0.4 is 0 Å². The Bertz CT molecular complexity index is 546. The minimum atomic E-state index is -0.496. The first-order chi connectivity index (χ1) is 10.7. The van der Waals surface area contributed by atoms with Crippen LogP contribution in [0.2, 0.25) is 0 Å². The predicted octanol–water partition coefficient (Wildman–Crippen LogP) is 3.95. The van der Waals surface area contributed by atoms with E-state index in [1.807, 2.05) is 6.92 Å². The lowest BCUT2D eigenvalue weighted by Gasteiger charge is -2.42. The molecule has 0 saturated heterocycles. The molecule has 0 saturated carbocycles. The molecule has 4 atom stereocenters. The Morgan fingerprint density at radius 1 is 1.17 bits per heavy atom. The van der Waals surface area contributed by atoms with Crippen molar-refractivity contribution in [3.05, 3.63) is 23.3 Å². The SMILES string of the molecule is CC(=O)O[C@H]1CCC2=CCC[C@H](C)[C@@]2(C)/C=C(/C)[C@@H]1OC(C)=O. The highest BCUT2D eigenvalue weighted by atomic mass is 16.6. The Labute approximate surface area is 138 Å². The first-order valence-electron chi connectivity index (χ1n) is 8.47. The van der Waals surface area contributed by atoms with Gasteiger partial charge in [-0.2, -0.15) is 0 Å². The minimum Gasteiger partial charge on any atom is -0.458 e. The van der Waals surface area contributed by atoms with Gasteiger partial charge in [0, 0.05) is 19.3 Å². The molecule has 2 aliphatic rings. The first kappa shape index (κ1) is 17.8. The van der Waals surface area contributed by atoms with Crippen molar-refractivity contribution in [2.75, 3.05) is 0 Å². The van der Waals surface area contributed by atoms with Crippen molar-refractivity contribution < 1.29 is 19.1 Å². The Kier molecular flexibility index (Phi) is 5.33. The van der Waals surface area contributed by atoms with Crippen LogP contribution in [0.5, 0.6) is 0 Å². The van der Waals surface area contributed by atoms with Crippen LogP contribution in [0.25, 0.3) is 0 Å². The van der Waals surface area contributed by atoms with Gasteiger partial charge in [0.2, 0.25) is 0 Å². The molecule has 0 N–H and O–H groups in total. The average molecular weight is 320 g/mol. The number of hydrogen-bond acceptors (Lipinski definition) is 4. The molecule has 2 aliphatic carbocycles. The number of ether oxygens (including phenoxy) is 2. The van der Waals surface area contributed by atoms with Gasteiger partial charge in [-0.15, -0.1) is 0 Å². The van der Waals surface area contributed by atoms with Crippen LogP contribution in [0.4, 0.5) is 0 Å². The van der Waals surface area contributed by atoms with Crippen molar-refractivity contribution in [2.24, 2.45) is 11.3 Å². The molecule has 0 aromatic carbocycles. The van der Waals surface area contributed by atoms with Crippen LogP contribution in [0.3, 0.4) is 0 Å². The standard InChI is InChI=1S/C19H28O4/c1-12-11-19(5)13(2)7-6-8-16(19)9-10-17(22-14(3)20)18(12)23-15(4)21/h8,11,13,17-18H,6-7,9-10H2,1-5H3/b12-11-/t13-,17-,18-,19+/m0/s1. The smallest absolute Gasteiger partial charge is 0.303 e. The van der Waals surface area contributed by atoms with Gasteiger partial charge in [-0.3, -0.25) is 9.59 Å². The molecule has 0 spiro atoms. The third kappa shape index (κ3) is 3.85. The second kappa shape index (κ2) is 6.90. The van der Waals surface area contributed by atoms with Gasteiger partial charge in [0.05, 0.1) is 0 Å². The number of carbonyl (C=O) groups is 2. The van der Waals surface area contributed by atoms with Crippen LogP contribution >= 0.6 is 0 Å². The molecule has 4 heteroatoms. The fraction of sp³-hybridized carbons (Fsp3) is 0.684. The Morgan fingerprint density at radius 2 is 1.83 bits per heavy atom. The van der Waals surface area contributed by atoms with Crippen molar-refractivity contribution in [3.8, 4) is 0 Å². The topological polar surface area (TPSA) is 52.6 Å². The molecular weight excluding hydrogens is 292 g/mol. The number of carbonyl (C=O) groups excluding carboxylic acids is 2. The summed E-state index contributed by atoms with van der Waals surface area (Å²) in [5.74, 6) is -0.145. The fourth-order valence-electron chi connectivity index (χ4n) is 3.93. The normalized spacial score (nSPS) is 36.5. The first-order valence-corrected chi connectivity index (χ1v) is 8.47. The summed E-state index contributed by atoms with van der Waals surface area (Å²) in [5, 5.41) is 0. The van der Waals surface area contributed by atoms with E-state index in [1.165, 1.54) is 19.4 Å². The molecule has 0 aromatic heterocycles. The van der Waals surface area contributed by atoms with E-state index in [9.17, 15) is 9.59 Å². The second-order valence-electron chi connectivity index (χ2n) is 7.10. The summed E-state index contributed by atoms with van der Waals surface area (Å²) in [6.07, 6.45) is 7.45. The number of esters is 2. The number of allylic oxidation sites excluding steroid dienone is 3. The van der Waals surface area contributed by atoms with Gasteiger partial charge >= 0.3 is 11.9 Å². The van der Waals surface area contributed by atoms with Crippen LogP contribution in [0, 0.1) is 11.3 Å². The average Bonchev–Trinajstić information content (AvgIpc) is 2.43. The van der Waals surface area contributed by atoms with Gasteiger partial charge in [-0.1, -0.05) is 31.6 Å². The molecular formula is C19H28O4. The van der Waals surface area contributed by atoms with Crippen LogP contribution in [-0.4, -0.2) is 24.1 Å². The molecule has 0 amide bonds. The molecule has 2 rings (SSSR count). The zero-order chi connectivity index (χ0) is 17.2. The summed E-state index contributed by atoms with van der Waals surface area (Å²) in [6, 6.07) is 0. The highest BCUT2D eigenvalue weighted by Crippen LogP contribution is 2.47. The van der Waals surface area contributed by atoms with E-state index in [0.717, 1.165) is 24.8 Å². The monoisotopic (exact) mass is 320 g/mol. The van der Waals surface area contributed by atoms with Crippen molar-refractivity contribution in [1.82, 2.24) is 0 Å². The van der Waals surface area contributed by atoms with Gasteiger partial charge in [0.25, 0.3) is 0 Å². The molecule has 23 heavy (non-hydrogen) atoms. The predicted molar refractivity (Wildman–Crippen MR) is 88.7 cm³/mol. The van der Waals surface area contributed by atoms with E-state index in [1.54, 1.807) is 0 Å². The van der Waals surface area contributed by atoms with E-state index in [4.69, 9.17) is 9.47 Å². The molecule has 0 bridgehead atoms. The second-order valence-corrected chi connectivity index (χ2v) is 7.10. The number of hydrogen-bond donors (Lipinski definition) is 0. The van der Waals surface area contributed by atoms with E-state index in [-0.39, 0.29) is 17.4 Å². The van der Waals surface area contributed by atoms with Gasteiger partial charge in [-0.25, -0.2) is 0 Å². The van der Waals surface area contributed by atoms with E-state index < -0.39 is 12.2 Å². The molecule has 0 heterocycles. The summed E-state index contributed by atoms with van der Waals surface area (Å²) in [4.78, 5) is 23.0. The van der Waals surface area contributed by atoms with E-state index in [0.29, 0.717) is 12.3 Å². The largest absolute Gasteiger partial charge is 0.458 e. The fourth-order valence-corrected chi connectivity index (χ4v) is 3.93. The molecule has 0 fully saturated rings. The summed E-state index contributed by atoms with van der Waals surface area (Å²) in [7, 11) is 0. The van der Waals surface area contributed by atoms with Gasteiger partial charge < -0.3 is 9.47 Å². The Hall–Kier alpha value is -1.58. The van der Waals surface area contributed by atoms with E-state index >= 15 is 0 Å². The van der Waals surface area contributed by atoms with E-state index in [2.05, 4.69) is 26.0 Å². The maximum absolute atomic E-state index is 11.5. The van der Waals surface area contributed by atoms with Crippen molar-refractivity contribution in [1.29, 1.82) is 0 Å². The summed E-state index contributed by atoms with van der Waals surface area (Å²) in [5.41, 5.74) is 2.37. The van der Waals surface area contributed by atoms with Crippen molar-refractivity contribution >= 4 is 11.9 Å². The minimum absolute atomic E-state index is 0.0120. The Balaban J connectivity index is 2.42.